The van der Waals surface area contributed by atoms with Crippen LogP contribution in [0.5, 0.6) is 0 Å². The van der Waals surface area contributed by atoms with E-state index in [4.69, 9.17) is 0 Å². The molecule has 94 valence electrons. The van der Waals surface area contributed by atoms with Crippen molar-refractivity contribution >= 4 is 17.5 Å². The Hall–Kier alpha value is -0.760. The van der Waals surface area contributed by atoms with Crippen LogP contribution < -0.4 is 0 Å². The highest BCUT2D eigenvalue weighted by Gasteiger charge is 2.57. The van der Waals surface area contributed by atoms with E-state index in [1.807, 2.05) is 11.8 Å². The zero-order chi connectivity index (χ0) is 12.1. The molecular formula is C16H18OS. The Morgan fingerprint density at radius 2 is 2.11 bits per heavy atom. The van der Waals surface area contributed by atoms with Gasteiger partial charge in [-0.1, -0.05) is 24.3 Å². The first kappa shape index (κ1) is 11.1. The largest absolute Gasteiger partial charge is 0.298 e. The monoisotopic (exact) mass is 258 g/mol. The summed E-state index contributed by atoms with van der Waals surface area (Å²) in [5.74, 6) is 3.38. The van der Waals surface area contributed by atoms with Crippen LogP contribution in [0.1, 0.15) is 36.3 Å². The molecule has 0 radical (unpaired) electrons. The molecule has 1 aliphatic heterocycles. The van der Waals surface area contributed by atoms with Gasteiger partial charge in [0.15, 0.2) is 0 Å². The van der Waals surface area contributed by atoms with Crippen molar-refractivity contribution in [3.63, 3.8) is 0 Å². The summed E-state index contributed by atoms with van der Waals surface area (Å²) in [7, 11) is 0. The molecule has 18 heavy (non-hydrogen) atoms. The summed E-state index contributed by atoms with van der Waals surface area (Å²) in [5, 5.41) is 0.327. The third-order valence-electron chi connectivity index (χ3n) is 4.91. The molecular weight excluding hydrogens is 240 g/mol. The van der Waals surface area contributed by atoms with Crippen molar-refractivity contribution in [1.29, 1.82) is 0 Å². The average Bonchev–Trinajstić information content (AvgIpc) is 2.89. The molecule has 0 bridgehead atoms. The summed E-state index contributed by atoms with van der Waals surface area (Å²) in [4.78, 5) is 12.6. The van der Waals surface area contributed by atoms with Gasteiger partial charge in [-0.15, -0.1) is 0 Å². The summed E-state index contributed by atoms with van der Waals surface area (Å²) in [6.45, 7) is 0. The highest BCUT2D eigenvalue weighted by Crippen LogP contribution is 2.61. The van der Waals surface area contributed by atoms with Crippen LogP contribution in [0.25, 0.3) is 0 Å². The normalized spacial score (nSPS) is 36.9. The molecule has 2 fully saturated rings. The van der Waals surface area contributed by atoms with Crippen LogP contribution in [0.2, 0.25) is 0 Å². The second-order valence-corrected chi connectivity index (χ2v) is 7.17. The second kappa shape index (κ2) is 4.12. The molecule has 1 saturated carbocycles. The van der Waals surface area contributed by atoms with Gasteiger partial charge in [0, 0.05) is 5.92 Å². The van der Waals surface area contributed by atoms with E-state index < -0.39 is 0 Å². The first-order valence-electron chi connectivity index (χ1n) is 7.09. The van der Waals surface area contributed by atoms with Gasteiger partial charge in [-0.3, -0.25) is 4.79 Å². The first-order chi connectivity index (χ1) is 8.86. The summed E-state index contributed by atoms with van der Waals surface area (Å²) < 4.78 is 0. The molecule has 2 heteroatoms. The average molecular weight is 258 g/mol. The van der Waals surface area contributed by atoms with Crippen molar-refractivity contribution in [1.82, 2.24) is 0 Å². The Bertz CT molecular complexity index is 490. The molecule has 2 aliphatic carbocycles. The molecule has 0 aromatic heterocycles. The Labute approximate surface area is 112 Å². The fourth-order valence-electron chi connectivity index (χ4n) is 3.97. The van der Waals surface area contributed by atoms with Crippen LogP contribution in [0.4, 0.5) is 0 Å². The van der Waals surface area contributed by atoms with Gasteiger partial charge in [-0.2, -0.15) is 11.8 Å². The summed E-state index contributed by atoms with van der Waals surface area (Å²) in [6, 6.07) is 8.76. The van der Waals surface area contributed by atoms with Crippen LogP contribution in [0.3, 0.4) is 0 Å². The van der Waals surface area contributed by atoms with Crippen molar-refractivity contribution in [3.05, 3.63) is 35.4 Å². The Morgan fingerprint density at radius 3 is 2.94 bits per heavy atom. The van der Waals surface area contributed by atoms with E-state index in [-0.39, 0.29) is 0 Å². The van der Waals surface area contributed by atoms with Gasteiger partial charge in [0.2, 0.25) is 0 Å². The number of thioether (sulfide) groups is 1. The van der Waals surface area contributed by atoms with E-state index in [0.717, 1.165) is 6.42 Å². The molecule has 4 unspecified atom stereocenters. The lowest BCUT2D eigenvalue weighted by Crippen LogP contribution is -2.17. The number of carbonyl (C=O) groups excluding carboxylic acids is 1. The van der Waals surface area contributed by atoms with Crippen LogP contribution in [0.15, 0.2) is 24.3 Å². The van der Waals surface area contributed by atoms with Gasteiger partial charge in [-0.05, 0) is 54.4 Å². The molecule has 3 aliphatic rings. The number of fused-ring (bicyclic) bond motifs is 3. The Kier molecular flexibility index (Phi) is 2.54. The van der Waals surface area contributed by atoms with E-state index in [9.17, 15) is 4.79 Å². The molecule has 1 aromatic rings. The maximum Gasteiger partial charge on any atom is 0.149 e. The predicted molar refractivity (Wildman–Crippen MR) is 75.0 cm³/mol. The first-order valence-corrected chi connectivity index (χ1v) is 8.14. The fraction of sp³-hybridized carbons (Fsp3) is 0.562. The lowest BCUT2D eigenvalue weighted by Gasteiger charge is -2.13. The fourth-order valence-corrected chi connectivity index (χ4v) is 5.24. The quantitative estimate of drug-likeness (QED) is 0.808. The van der Waals surface area contributed by atoms with Crippen LogP contribution in [-0.4, -0.2) is 16.8 Å². The smallest absolute Gasteiger partial charge is 0.149 e. The van der Waals surface area contributed by atoms with Crippen molar-refractivity contribution in [2.24, 2.45) is 11.8 Å². The van der Waals surface area contributed by atoms with Gasteiger partial charge in [-0.25, -0.2) is 0 Å². The van der Waals surface area contributed by atoms with Gasteiger partial charge in [0.25, 0.3) is 0 Å². The maximum absolute atomic E-state index is 12.6. The maximum atomic E-state index is 12.6. The van der Waals surface area contributed by atoms with Crippen LogP contribution >= 0.6 is 11.8 Å². The second-order valence-electron chi connectivity index (χ2n) is 5.86. The number of rotatable bonds is 2. The van der Waals surface area contributed by atoms with Crippen molar-refractivity contribution in [2.45, 2.75) is 36.9 Å². The van der Waals surface area contributed by atoms with Gasteiger partial charge >= 0.3 is 0 Å². The standard InChI is InChI=1S/C16H18OS/c17-16(13-6-3-9-18-13)15-12-8-7-10-4-1-2-5-11(10)14(12)15/h1-2,4-5,12-15H,3,6-9H2. The summed E-state index contributed by atoms with van der Waals surface area (Å²) in [5.41, 5.74) is 2.98. The minimum atomic E-state index is 0.327. The van der Waals surface area contributed by atoms with Crippen molar-refractivity contribution < 1.29 is 4.79 Å². The van der Waals surface area contributed by atoms with Crippen LogP contribution in [-0.2, 0) is 11.2 Å². The molecule has 0 amide bonds. The molecule has 1 saturated heterocycles. The lowest BCUT2D eigenvalue weighted by atomic mass is 9.92. The number of benzene rings is 1. The third-order valence-corrected chi connectivity index (χ3v) is 6.30. The Morgan fingerprint density at radius 1 is 1.22 bits per heavy atom. The zero-order valence-corrected chi connectivity index (χ0v) is 11.3. The topological polar surface area (TPSA) is 17.1 Å². The minimum absolute atomic E-state index is 0.327. The number of carbonyl (C=O) groups is 1. The summed E-state index contributed by atoms with van der Waals surface area (Å²) in [6.07, 6.45) is 4.77. The number of Topliss-reactive ketones (excluding diaryl/α,β-unsaturated/α-hetero) is 1. The van der Waals surface area contributed by atoms with E-state index in [0.29, 0.717) is 28.8 Å². The van der Waals surface area contributed by atoms with Crippen molar-refractivity contribution in [3.8, 4) is 0 Å². The van der Waals surface area contributed by atoms with Gasteiger partial charge < -0.3 is 0 Å². The predicted octanol–water partition coefficient (Wildman–Crippen LogP) is 3.43. The highest BCUT2D eigenvalue weighted by molar-refractivity contribution is 8.00. The number of hydrogen-bond donors (Lipinski definition) is 0. The van der Waals surface area contributed by atoms with Gasteiger partial charge in [0.05, 0.1) is 5.25 Å². The molecule has 0 N–H and O–H groups in total. The third kappa shape index (κ3) is 1.58. The number of ketones is 1. The minimum Gasteiger partial charge on any atom is -0.298 e. The molecule has 1 heterocycles. The molecule has 4 rings (SSSR count). The Balaban J connectivity index is 1.59. The molecule has 0 spiro atoms. The van der Waals surface area contributed by atoms with Crippen LogP contribution in [0, 0.1) is 11.8 Å². The number of aryl methyl sites for hydroxylation is 1. The molecule has 1 aromatic carbocycles. The number of hydrogen-bond acceptors (Lipinski definition) is 2. The lowest BCUT2D eigenvalue weighted by molar-refractivity contribution is -0.120. The SMILES string of the molecule is O=C(C1CCCS1)C1C2CCc3ccccc3C21. The van der Waals surface area contributed by atoms with Crippen molar-refractivity contribution in [2.75, 3.05) is 5.75 Å². The van der Waals surface area contributed by atoms with E-state index in [2.05, 4.69) is 24.3 Å². The summed E-state index contributed by atoms with van der Waals surface area (Å²) >= 11 is 1.90. The zero-order valence-electron chi connectivity index (χ0n) is 10.5. The highest BCUT2D eigenvalue weighted by atomic mass is 32.2. The molecule has 4 atom stereocenters. The van der Waals surface area contributed by atoms with Gasteiger partial charge in [0.1, 0.15) is 5.78 Å². The molecule has 1 nitrogen and oxygen atoms in total. The van der Waals surface area contributed by atoms with E-state index >= 15 is 0 Å². The van der Waals surface area contributed by atoms with E-state index in [1.165, 1.54) is 36.1 Å². The van der Waals surface area contributed by atoms with E-state index in [1.54, 1.807) is 0 Å².